The summed E-state index contributed by atoms with van der Waals surface area (Å²) < 4.78 is 19.4. The molecule has 124 valence electrons. The first-order valence-electron chi connectivity index (χ1n) is 7.78. The summed E-state index contributed by atoms with van der Waals surface area (Å²) >= 11 is 0. The normalized spacial score (nSPS) is 10.9. The molecular weight excluding hydrogens is 309 g/mol. The van der Waals surface area contributed by atoms with Crippen molar-refractivity contribution >= 4 is 0 Å². The molecule has 5 nitrogen and oxygen atoms in total. The maximum atomic E-state index is 12.9. The van der Waals surface area contributed by atoms with E-state index in [1.807, 2.05) is 31.2 Å². The highest BCUT2D eigenvalue weighted by Crippen LogP contribution is 2.04. The van der Waals surface area contributed by atoms with Crippen LogP contribution in [0, 0.1) is 12.7 Å². The third-order valence-corrected chi connectivity index (χ3v) is 3.82. The Labute approximate surface area is 138 Å². The van der Waals surface area contributed by atoms with Crippen LogP contribution in [0.3, 0.4) is 0 Å². The van der Waals surface area contributed by atoms with E-state index in [1.165, 1.54) is 12.1 Å². The minimum absolute atomic E-state index is 0.240. The molecule has 0 aliphatic carbocycles. The predicted molar refractivity (Wildman–Crippen MR) is 87.4 cm³/mol. The first kappa shape index (κ1) is 16.1. The van der Waals surface area contributed by atoms with Crippen molar-refractivity contribution in [2.45, 2.75) is 19.9 Å². The van der Waals surface area contributed by atoms with Crippen LogP contribution in [0.1, 0.15) is 16.8 Å². The van der Waals surface area contributed by atoms with E-state index in [4.69, 9.17) is 4.52 Å². The van der Waals surface area contributed by atoms with Gasteiger partial charge in [0.05, 0.1) is 6.54 Å². The van der Waals surface area contributed by atoms with Gasteiger partial charge in [0.2, 0.25) is 5.69 Å². The summed E-state index contributed by atoms with van der Waals surface area (Å²) in [7, 11) is 0. The second-order valence-corrected chi connectivity index (χ2v) is 5.65. The number of H-pyrrole nitrogens is 1. The number of halogens is 1. The van der Waals surface area contributed by atoms with Crippen LogP contribution in [0.5, 0.6) is 0 Å². The first-order chi connectivity index (χ1) is 11.6. The molecule has 3 rings (SSSR count). The maximum Gasteiger partial charge on any atom is 0.431 e. The number of aryl methyl sites for hydroxylation is 1. The fourth-order valence-electron chi connectivity index (χ4n) is 2.44. The molecule has 0 amide bonds. The predicted octanol–water partition coefficient (Wildman–Crippen LogP) is 2.02. The van der Waals surface area contributed by atoms with Crippen LogP contribution in [0.4, 0.5) is 4.39 Å². The number of hydrogen-bond acceptors (Lipinski definition) is 3. The number of hydrogen-bond donors (Lipinski definition) is 2. The molecule has 2 aromatic carbocycles. The highest BCUT2D eigenvalue weighted by Gasteiger charge is 2.22. The van der Waals surface area contributed by atoms with Gasteiger partial charge >= 0.3 is 11.3 Å². The van der Waals surface area contributed by atoms with Gasteiger partial charge < -0.3 is 5.32 Å². The summed E-state index contributed by atoms with van der Waals surface area (Å²) in [6.07, 6.45) is 0.751. The molecule has 0 saturated carbocycles. The van der Waals surface area contributed by atoms with E-state index >= 15 is 0 Å². The standard InChI is InChI=1S/C18H18FN3O2/c1-13-2-8-16(9-3-13)22-17(18(23)24-21-22)12-20-11-10-14-4-6-15(19)7-5-14/h2-9,20H,10-12H2,1H3/p+1. The molecule has 0 saturated heterocycles. The van der Waals surface area contributed by atoms with Crippen molar-refractivity contribution in [3.8, 4) is 5.69 Å². The van der Waals surface area contributed by atoms with E-state index in [1.54, 1.807) is 16.8 Å². The van der Waals surface area contributed by atoms with Crippen molar-refractivity contribution < 1.29 is 13.6 Å². The lowest BCUT2D eigenvalue weighted by Gasteiger charge is -2.02. The minimum Gasteiger partial charge on any atom is -0.307 e. The summed E-state index contributed by atoms with van der Waals surface area (Å²) in [4.78, 5) is 11.9. The molecule has 0 aliphatic heterocycles. The van der Waals surface area contributed by atoms with E-state index in [2.05, 4.69) is 10.6 Å². The molecule has 0 spiro atoms. The number of rotatable bonds is 6. The van der Waals surface area contributed by atoms with Gasteiger partial charge in [0.15, 0.2) is 0 Å². The van der Waals surface area contributed by atoms with Crippen LogP contribution < -0.4 is 15.6 Å². The smallest absolute Gasteiger partial charge is 0.307 e. The van der Waals surface area contributed by atoms with Crippen molar-refractivity contribution in [2.75, 3.05) is 6.54 Å². The summed E-state index contributed by atoms with van der Waals surface area (Å²) in [5.74, 6) is -0.240. The molecule has 0 unspecified atom stereocenters. The number of benzene rings is 2. The van der Waals surface area contributed by atoms with Crippen LogP contribution in [0.15, 0.2) is 57.8 Å². The van der Waals surface area contributed by atoms with Gasteiger partial charge in [0.1, 0.15) is 5.82 Å². The van der Waals surface area contributed by atoms with Crippen molar-refractivity contribution in [3.05, 3.63) is 81.6 Å². The Balaban J connectivity index is 1.63. The average Bonchev–Trinajstić information content (AvgIpc) is 2.95. The van der Waals surface area contributed by atoms with E-state index in [0.29, 0.717) is 18.8 Å². The molecular formula is C18H19FN3O2+. The van der Waals surface area contributed by atoms with Gasteiger partial charge in [0.25, 0.3) is 0 Å². The molecule has 0 bridgehead atoms. The zero-order valence-corrected chi connectivity index (χ0v) is 13.4. The van der Waals surface area contributed by atoms with Crippen LogP contribution >= 0.6 is 0 Å². The van der Waals surface area contributed by atoms with Gasteiger partial charge in [-0.2, -0.15) is 0 Å². The van der Waals surface area contributed by atoms with Crippen molar-refractivity contribution in [2.24, 2.45) is 0 Å². The minimum atomic E-state index is -0.398. The third kappa shape index (κ3) is 3.78. The zero-order valence-electron chi connectivity index (χ0n) is 13.4. The van der Waals surface area contributed by atoms with E-state index in [9.17, 15) is 9.18 Å². The van der Waals surface area contributed by atoms with E-state index in [0.717, 1.165) is 23.2 Å². The van der Waals surface area contributed by atoms with E-state index in [-0.39, 0.29) is 5.82 Å². The molecule has 0 aliphatic rings. The molecule has 6 heteroatoms. The molecule has 24 heavy (non-hydrogen) atoms. The monoisotopic (exact) mass is 328 g/mol. The molecule has 3 aromatic rings. The highest BCUT2D eigenvalue weighted by molar-refractivity contribution is 5.26. The molecule has 2 N–H and O–H groups in total. The van der Waals surface area contributed by atoms with Gasteiger partial charge in [-0.3, -0.25) is 4.52 Å². The lowest BCUT2D eigenvalue weighted by Crippen LogP contribution is -2.41. The van der Waals surface area contributed by atoms with Gasteiger partial charge in [-0.25, -0.2) is 9.18 Å². The van der Waals surface area contributed by atoms with Crippen molar-refractivity contribution in [1.82, 2.24) is 10.6 Å². The molecule has 0 fully saturated rings. The lowest BCUT2D eigenvalue weighted by atomic mass is 10.1. The van der Waals surface area contributed by atoms with Gasteiger partial charge in [-0.15, -0.1) is 0 Å². The number of aromatic nitrogens is 2. The average molecular weight is 328 g/mol. The second kappa shape index (κ2) is 7.23. The van der Waals surface area contributed by atoms with Crippen molar-refractivity contribution in [3.63, 3.8) is 0 Å². The molecule has 0 atom stereocenters. The largest absolute Gasteiger partial charge is 0.431 e. The lowest BCUT2D eigenvalue weighted by molar-refractivity contribution is -0.677. The summed E-state index contributed by atoms with van der Waals surface area (Å²) in [5, 5.41) is 5.84. The molecule has 0 radical (unpaired) electrons. The van der Waals surface area contributed by atoms with Gasteiger partial charge in [-0.05, 0) is 47.5 Å². The Morgan fingerprint density at radius 1 is 1.12 bits per heavy atom. The fourth-order valence-corrected chi connectivity index (χ4v) is 2.44. The summed E-state index contributed by atoms with van der Waals surface area (Å²) in [5.41, 5.74) is 3.12. The Bertz CT molecular complexity index is 851. The Morgan fingerprint density at radius 2 is 1.83 bits per heavy atom. The number of nitrogens with zero attached hydrogens (tertiary/aromatic N) is 1. The number of nitrogens with one attached hydrogen (secondary N) is 2. The molecule has 1 heterocycles. The Morgan fingerprint density at radius 3 is 2.54 bits per heavy atom. The topological polar surface area (TPSA) is 61.9 Å². The summed E-state index contributed by atoms with van der Waals surface area (Å²) in [6.45, 7) is 3.05. The maximum absolute atomic E-state index is 12.9. The Kier molecular flexibility index (Phi) is 4.86. The first-order valence-corrected chi connectivity index (χ1v) is 7.78. The SMILES string of the molecule is Cc1ccc(-[n+]2[nH]oc(=O)c2CNCCc2ccc(F)cc2)cc1. The van der Waals surface area contributed by atoms with Crippen LogP contribution in [0.25, 0.3) is 5.69 Å². The second-order valence-electron chi connectivity index (χ2n) is 5.65. The van der Waals surface area contributed by atoms with E-state index < -0.39 is 5.63 Å². The van der Waals surface area contributed by atoms with Crippen LogP contribution in [0.2, 0.25) is 0 Å². The molecule has 1 aromatic heterocycles. The van der Waals surface area contributed by atoms with Crippen LogP contribution in [-0.2, 0) is 13.0 Å². The third-order valence-electron chi connectivity index (χ3n) is 3.82. The summed E-state index contributed by atoms with van der Waals surface area (Å²) in [6, 6.07) is 14.2. The zero-order chi connectivity index (χ0) is 16.9. The Hall–Kier alpha value is -2.73. The van der Waals surface area contributed by atoms with Crippen LogP contribution in [-0.4, -0.2) is 11.8 Å². The quantitative estimate of drug-likeness (QED) is 0.538. The van der Waals surface area contributed by atoms with Gasteiger partial charge in [-0.1, -0.05) is 29.8 Å². The fraction of sp³-hybridized carbons (Fsp3) is 0.222. The highest BCUT2D eigenvalue weighted by atomic mass is 19.1. The van der Waals surface area contributed by atoms with Crippen molar-refractivity contribution in [1.29, 1.82) is 0 Å². The number of aromatic amines is 1. The van der Waals surface area contributed by atoms with Gasteiger partial charge in [0, 0.05) is 12.1 Å².